The summed E-state index contributed by atoms with van der Waals surface area (Å²) in [7, 11) is 0. The molecule has 5 nitrogen and oxygen atoms in total. The van der Waals surface area contributed by atoms with E-state index in [4.69, 9.17) is 15.2 Å². The quantitative estimate of drug-likeness (QED) is 0.196. The Balaban J connectivity index is 1.72. The van der Waals surface area contributed by atoms with Crippen LogP contribution in [0.2, 0.25) is 0 Å². The standard InChI is InChI=1S/C36H43F3N2O3/c1-24-10-8-12-27(20-24)30-13-9-11-26(25(30)2)15-16-28-22-33(43-19-17-40)29(21-31(28)36(37,38)39)23-41-18-7-6-14-32(41)34(42)44-35(3,4)5/h8-13,15-16,20-22,32H,6-7,14,17-19,23,40H2,1-5H3/b16-15+/t32-/m0/s1. The van der Waals surface area contributed by atoms with Crippen molar-refractivity contribution < 1.29 is 27.4 Å². The molecule has 0 spiro atoms. The first-order chi connectivity index (χ1) is 20.8. The summed E-state index contributed by atoms with van der Waals surface area (Å²) in [6, 6.07) is 16.0. The largest absolute Gasteiger partial charge is 0.492 e. The Hall–Kier alpha value is -3.62. The van der Waals surface area contributed by atoms with E-state index in [-0.39, 0.29) is 31.2 Å². The molecule has 0 amide bonds. The molecule has 0 bridgehead atoms. The molecule has 1 atom stereocenters. The van der Waals surface area contributed by atoms with Crippen molar-refractivity contribution in [3.63, 3.8) is 0 Å². The Labute approximate surface area is 258 Å². The second-order valence-electron chi connectivity index (χ2n) is 12.4. The lowest BCUT2D eigenvalue weighted by Crippen LogP contribution is -2.46. The summed E-state index contributed by atoms with van der Waals surface area (Å²) in [5.74, 6) is -0.0395. The molecule has 236 valence electrons. The second kappa shape index (κ2) is 14.0. The van der Waals surface area contributed by atoms with Crippen LogP contribution in [-0.2, 0) is 22.3 Å². The molecule has 1 aliphatic rings. The fourth-order valence-corrected chi connectivity index (χ4v) is 5.63. The number of carbonyl (C=O) groups excluding carboxylic acids is 1. The first-order valence-electron chi connectivity index (χ1n) is 15.2. The van der Waals surface area contributed by atoms with Crippen LogP contribution in [0.25, 0.3) is 23.3 Å². The van der Waals surface area contributed by atoms with Gasteiger partial charge in [-0.2, -0.15) is 13.2 Å². The van der Waals surface area contributed by atoms with Gasteiger partial charge in [-0.3, -0.25) is 9.69 Å². The molecule has 0 radical (unpaired) electrons. The van der Waals surface area contributed by atoms with E-state index >= 15 is 0 Å². The highest BCUT2D eigenvalue weighted by Crippen LogP contribution is 2.38. The van der Waals surface area contributed by atoms with Gasteiger partial charge in [0.2, 0.25) is 0 Å². The van der Waals surface area contributed by atoms with Gasteiger partial charge in [0, 0.05) is 18.7 Å². The van der Waals surface area contributed by atoms with Crippen LogP contribution in [0.3, 0.4) is 0 Å². The average molecular weight is 609 g/mol. The first-order valence-corrected chi connectivity index (χ1v) is 15.2. The maximum Gasteiger partial charge on any atom is 0.417 e. The Morgan fingerprint density at radius 1 is 1.00 bits per heavy atom. The van der Waals surface area contributed by atoms with E-state index in [1.807, 2.05) is 55.1 Å². The van der Waals surface area contributed by atoms with E-state index in [9.17, 15) is 18.0 Å². The molecule has 44 heavy (non-hydrogen) atoms. The number of piperidine rings is 1. The van der Waals surface area contributed by atoms with Gasteiger partial charge in [-0.05, 0) is 94.0 Å². The topological polar surface area (TPSA) is 64.8 Å². The van der Waals surface area contributed by atoms with Crippen LogP contribution in [0.15, 0.2) is 54.6 Å². The summed E-state index contributed by atoms with van der Waals surface area (Å²) < 4.78 is 55.1. The Morgan fingerprint density at radius 3 is 2.41 bits per heavy atom. The number of benzene rings is 3. The van der Waals surface area contributed by atoms with Crippen LogP contribution in [-0.4, -0.2) is 42.2 Å². The van der Waals surface area contributed by atoms with E-state index in [1.54, 1.807) is 26.8 Å². The number of carbonyl (C=O) groups is 1. The maximum absolute atomic E-state index is 14.5. The zero-order valence-corrected chi connectivity index (χ0v) is 26.3. The molecular weight excluding hydrogens is 565 g/mol. The van der Waals surface area contributed by atoms with Crippen molar-refractivity contribution >= 4 is 18.1 Å². The summed E-state index contributed by atoms with van der Waals surface area (Å²) in [6.07, 6.45) is 0.877. The number of likely N-dealkylation sites (tertiary alicyclic amines) is 1. The Bertz CT molecular complexity index is 1490. The van der Waals surface area contributed by atoms with Crippen LogP contribution >= 0.6 is 0 Å². The molecule has 0 unspecified atom stereocenters. The summed E-state index contributed by atoms with van der Waals surface area (Å²) in [5.41, 5.74) is 9.63. The summed E-state index contributed by atoms with van der Waals surface area (Å²) >= 11 is 0. The lowest BCUT2D eigenvalue weighted by atomic mass is 9.94. The van der Waals surface area contributed by atoms with Gasteiger partial charge in [0.15, 0.2) is 0 Å². The number of rotatable bonds is 9. The highest BCUT2D eigenvalue weighted by molar-refractivity contribution is 5.79. The van der Waals surface area contributed by atoms with E-state index in [2.05, 4.69) is 6.07 Å². The highest BCUT2D eigenvalue weighted by Gasteiger charge is 2.36. The molecule has 1 fully saturated rings. The van der Waals surface area contributed by atoms with Crippen LogP contribution in [0.5, 0.6) is 5.75 Å². The van der Waals surface area contributed by atoms with E-state index < -0.39 is 23.4 Å². The smallest absolute Gasteiger partial charge is 0.417 e. The van der Waals surface area contributed by atoms with Crippen molar-refractivity contribution in [1.29, 1.82) is 0 Å². The van der Waals surface area contributed by atoms with Gasteiger partial charge in [-0.25, -0.2) is 0 Å². The average Bonchev–Trinajstić information content (AvgIpc) is 2.95. The van der Waals surface area contributed by atoms with Gasteiger partial charge in [0.1, 0.15) is 24.0 Å². The van der Waals surface area contributed by atoms with Gasteiger partial charge in [0.05, 0.1) is 5.56 Å². The monoisotopic (exact) mass is 608 g/mol. The molecule has 0 aromatic heterocycles. The Kier molecular flexibility index (Phi) is 10.6. The fourth-order valence-electron chi connectivity index (χ4n) is 5.63. The molecule has 1 aliphatic heterocycles. The third-order valence-electron chi connectivity index (χ3n) is 7.73. The molecule has 4 rings (SSSR count). The Morgan fingerprint density at radius 2 is 1.73 bits per heavy atom. The lowest BCUT2D eigenvalue weighted by molar-refractivity contribution is -0.163. The number of hydrogen-bond acceptors (Lipinski definition) is 5. The molecule has 3 aromatic carbocycles. The van der Waals surface area contributed by atoms with Crippen molar-refractivity contribution in [1.82, 2.24) is 4.90 Å². The van der Waals surface area contributed by atoms with E-state index in [1.165, 1.54) is 12.1 Å². The number of nitrogens with two attached hydrogens (primary N) is 1. The van der Waals surface area contributed by atoms with Crippen LogP contribution < -0.4 is 10.5 Å². The van der Waals surface area contributed by atoms with Crippen molar-refractivity contribution in [3.05, 3.63) is 88.0 Å². The third kappa shape index (κ3) is 8.51. The SMILES string of the molecule is Cc1cccc(-c2cccc(/C=C/c3cc(OCCN)c(CN4CCCC[C@H]4C(=O)OC(C)(C)C)cc3C(F)(F)F)c2C)c1. The number of halogens is 3. The summed E-state index contributed by atoms with van der Waals surface area (Å²) in [4.78, 5) is 14.9. The van der Waals surface area contributed by atoms with Gasteiger partial charge in [0.25, 0.3) is 0 Å². The predicted molar refractivity (Wildman–Crippen MR) is 170 cm³/mol. The lowest BCUT2D eigenvalue weighted by Gasteiger charge is -2.36. The number of hydrogen-bond donors (Lipinski definition) is 1. The number of ether oxygens (including phenoxy) is 2. The maximum atomic E-state index is 14.5. The molecule has 0 aliphatic carbocycles. The molecule has 1 heterocycles. The molecule has 8 heteroatoms. The number of esters is 1. The molecular formula is C36H43F3N2O3. The van der Waals surface area contributed by atoms with Gasteiger partial charge in [-0.1, -0.05) is 66.6 Å². The zero-order chi connectivity index (χ0) is 32.1. The van der Waals surface area contributed by atoms with Gasteiger partial charge < -0.3 is 15.2 Å². The van der Waals surface area contributed by atoms with Crippen LogP contribution in [0, 0.1) is 13.8 Å². The number of alkyl halides is 3. The van der Waals surface area contributed by atoms with Crippen LogP contribution in [0.1, 0.15) is 73.4 Å². The zero-order valence-electron chi connectivity index (χ0n) is 26.3. The van der Waals surface area contributed by atoms with Gasteiger partial charge in [-0.15, -0.1) is 0 Å². The van der Waals surface area contributed by atoms with Crippen molar-refractivity contribution in [2.24, 2.45) is 5.73 Å². The second-order valence-corrected chi connectivity index (χ2v) is 12.4. The van der Waals surface area contributed by atoms with E-state index in [0.29, 0.717) is 24.3 Å². The molecule has 1 saturated heterocycles. The van der Waals surface area contributed by atoms with Crippen LogP contribution in [0.4, 0.5) is 13.2 Å². The fraction of sp³-hybridized carbons (Fsp3) is 0.417. The van der Waals surface area contributed by atoms with Crippen molar-refractivity contribution in [3.8, 4) is 16.9 Å². The minimum atomic E-state index is -4.61. The molecule has 3 aromatic rings. The summed E-state index contributed by atoms with van der Waals surface area (Å²) in [6.45, 7) is 10.5. The van der Waals surface area contributed by atoms with Crippen molar-refractivity contribution in [2.75, 3.05) is 19.7 Å². The normalized spacial score (nSPS) is 16.3. The summed E-state index contributed by atoms with van der Waals surface area (Å²) in [5, 5.41) is 0. The first kappa shape index (κ1) is 33.3. The minimum absolute atomic E-state index is 0.00373. The van der Waals surface area contributed by atoms with Gasteiger partial charge >= 0.3 is 12.1 Å². The number of aryl methyl sites for hydroxylation is 1. The third-order valence-corrected chi connectivity index (χ3v) is 7.73. The minimum Gasteiger partial charge on any atom is -0.492 e. The van der Waals surface area contributed by atoms with Crippen molar-refractivity contribution in [2.45, 2.75) is 78.2 Å². The predicted octanol–water partition coefficient (Wildman–Crippen LogP) is 8.19. The highest BCUT2D eigenvalue weighted by atomic mass is 19.4. The molecule has 0 saturated carbocycles. The molecule has 2 N–H and O–H groups in total. The number of nitrogens with zero attached hydrogens (tertiary/aromatic N) is 1. The van der Waals surface area contributed by atoms with E-state index in [0.717, 1.165) is 46.7 Å².